The van der Waals surface area contributed by atoms with Gasteiger partial charge in [0.1, 0.15) is 5.75 Å². The van der Waals surface area contributed by atoms with Crippen molar-refractivity contribution in [1.29, 1.82) is 0 Å². The van der Waals surface area contributed by atoms with Gasteiger partial charge in [0.05, 0.1) is 17.5 Å². The number of pyridine rings is 1. The molecule has 4 aromatic rings. The summed E-state index contributed by atoms with van der Waals surface area (Å²) >= 11 is 0. The van der Waals surface area contributed by atoms with Crippen molar-refractivity contribution in [2.45, 2.75) is 18.7 Å². The van der Waals surface area contributed by atoms with E-state index in [1.54, 1.807) is 38.4 Å². The van der Waals surface area contributed by atoms with Gasteiger partial charge in [-0.2, -0.15) is 0 Å². The number of sulfonamides is 1. The summed E-state index contributed by atoms with van der Waals surface area (Å²) < 4.78 is 33.6. The van der Waals surface area contributed by atoms with Gasteiger partial charge >= 0.3 is 0 Å². The summed E-state index contributed by atoms with van der Waals surface area (Å²) in [5.74, 6) is 1.07. The Hall–Kier alpha value is -3.38. The van der Waals surface area contributed by atoms with Crippen molar-refractivity contribution in [3.8, 4) is 16.9 Å². The van der Waals surface area contributed by atoms with Gasteiger partial charge in [-0.15, -0.1) is 0 Å². The molecule has 0 N–H and O–H groups in total. The molecular weight excluding hydrogens is 408 g/mol. The number of anilines is 1. The Balaban J connectivity index is 1.99. The van der Waals surface area contributed by atoms with E-state index in [0.29, 0.717) is 11.6 Å². The number of fused-ring (bicyclic) bond motifs is 1. The molecule has 0 amide bonds. The third-order valence-electron chi connectivity index (χ3n) is 5.47. The number of hydrogen-bond donors (Lipinski definition) is 0. The average molecular weight is 433 g/mol. The van der Waals surface area contributed by atoms with Gasteiger partial charge in [-0.3, -0.25) is 4.31 Å². The second-order valence-corrected chi connectivity index (χ2v) is 9.44. The molecule has 0 saturated carbocycles. The minimum Gasteiger partial charge on any atom is -0.497 e. The second-order valence-electron chi connectivity index (χ2n) is 7.47. The van der Waals surface area contributed by atoms with E-state index in [2.05, 4.69) is 0 Å². The molecule has 1 heterocycles. The first-order chi connectivity index (χ1) is 14.8. The van der Waals surface area contributed by atoms with Crippen LogP contribution in [0.4, 0.5) is 5.82 Å². The fourth-order valence-corrected chi connectivity index (χ4v) is 4.85. The summed E-state index contributed by atoms with van der Waals surface area (Å²) in [6.45, 7) is 3.92. The number of para-hydroxylation sites is 1. The lowest BCUT2D eigenvalue weighted by molar-refractivity contribution is 0.415. The lowest BCUT2D eigenvalue weighted by atomic mass is 9.97. The van der Waals surface area contributed by atoms with Gasteiger partial charge in [-0.05, 0) is 55.3 Å². The summed E-state index contributed by atoms with van der Waals surface area (Å²) in [5.41, 5.74) is 4.30. The van der Waals surface area contributed by atoms with Crippen LogP contribution >= 0.6 is 0 Å². The first-order valence-electron chi connectivity index (χ1n) is 9.92. The molecular formula is C25H24N2O3S. The summed E-state index contributed by atoms with van der Waals surface area (Å²) in [7, 11) is -0.639. The first kappa shape index (κ1) is 20.9. The van der Waals surface area contributed by atoms with Crippen molar-refractivity contribution in [3.63, 3.8) is 0 Å². The van der Waals surface area contributed by atoms with Gasteiger partial charge in [-0.1, -0.05) is 48.0 Å². The van der Waals surface area contributed by atoms with E-state index in [-0.39, 0.29) is 4.90 Å². The van der Waals surface area contributed by atoms with Crippen LogP contribution in [0, 0.1) is 13.8 Å². The maximum absolute atomic E-state index is 13.5. The first-order valence-corrected chi connectivity index (χ1v) is 11.4. The lowest BCUT2D eigenvalue weighted by Gasteiger charge is -2.24. The van der Waals surface area contributed by atoms with Crippen LogP contribution in [0.5, 0.6) is 5.75 Å². The Morgan fingerprint density at radius 3 is 2.32 bits per heavy atom. The lowest BCUT2D eigenvalue weighted by Crippen LogP contribution is -2.28. The van der Waals surface area contributed by atoms with Crippen molar-refractivity contribution in [1.82, 2.24) is 4.98 Å². The van der Waals surface area contributed by atoms with Crippen LogP contribution in [0.2, 0.25) is 0 Å². The number of methoxy groups -OCH3 is 1. The Bertz CT molecular complexity index is 1360. The van der Waals surface area contributed by atoms with E-state index in [1.165, 1.54) is 4.31 Å². The molecule has 0 unspecified atom stereocenters. The number of hydrogen-bond acceptors (Lipinski definition) is 4. The zero-order valence-corrected chi connectivity index (χ0v) is 18.8. The minimum atomic E-state index is -3.80. The third kappa shape index (κ3) is 3.75. The number of rotatable bonds is 5. The maximum atomic E-state index is 13.5. The molecule has 0 aliphatic carbocycles. The summed E-state index contributed by atoms with van der Waals surface area (Å²) in [6, 6.07) is 22.2. The molecule has 1 aromatic heterocycles. The molecule has 0 spiro atoms. The molecule has 0 fully saturated rings. The molecule has 4 rings (SSSR count). The number of ether oxygens (including phenoxy) is 1. The van der Waals surface area contributed by atoms with Crippen molar-refractivity contribution in [2.24, 2.45) is 0 Å². The van der Waals surface area contributed by atoms with Crippen LogP contribution in [-0.2, 0) is 10.0 Å². The van der Waals surface area contributed by atoms with Crippen molar-refractivity contribution in [2.75, 3.05) is 18.5 Å². The zero-order chi connectivity index (χ0) is 22.2. The predicted molar refractivity (Wildman–Crippen MR) is 125 cm³/mol. The quantitative estimate of drug-likeness (QED) is 0.426. The van der Waals surface area contributed by atoms with E-state index < -0.39 is 10.0 Å². The highest BCUT2D eigenvalue weighted by Gasteiger charge is 2.27. The Morgan fingerprint density at radius 1 is 0.903 bits per heavy atom. The fraction of sp³-hybridized carbons (Fsp3) is 0.160. The normalized spacial score (nSPS) is 11.5. The topological polar surface area (TPSA) is 59.5 Å². The highest BCUT2D eigenvalue weighted by Crippen LogP contribution is 2.39. The number of benzene rings is 3. The molecule has 6 heteroatoms. The molecule has 158 valence electrons. The van der Waals surface area contributed by atoms with Crippen LogP contribution < -0.4 is 9.04 Å². The second kappa shape index (κ2) is 8.04. The molecule has 31 heavy (non-hydrogen) atoms. The Morgan fingerprint density at radius 2 is 1.61 bits per heavy atom. The molecule has 5 nitrogen and oxygen atoms in total. The molecule has 0 atom stereocenters. The zero-order valence-electron chi connectivity index (χ0n) is 18.0. The van der Waals surface area contributed by atoms with E-state index in [1.807, 2.05) is 62.4 Å². The summed E-state index contributed by atoms with van der Waals surface area (Å²) in [4.78, 5) is 5.01. The van der Waals surface area contributed by atoms with Crippen molar-refractivity contribution < 1.29 is 13.2 Å². The van der Waals surface area contributed by atoms with E-state index >= 15 is 0 Å². The molecule has 0 radical (unpaired) electrons. The van der Waals surface area contributed by atoms with Crippen molar-refractivity contribution in [3.05, 3.63) is 83.9 Å². The van der Waals surface area contributed by atoms with E-state index in [9.17, 15) is 8.42 Å². The third-order valence-corrected chi connectivity index (χ3v) is 7.23. The van der Waals surface area contributed by atoms with Gasteiger partial charge < -0.3 is 4.74 Å². The summed E-state index contributed by atoms with van der Waals surface area (Å²) in [6.07, 6.45) is 0. The van der Waals surface area contributed by atoms with Gasteiger partial charge in [0.15, 0.2) is 5.82 Å². The Kier molecular flexibility index (Phi) is 5.41. The van der Waals surface area contributed by atoms with Crippen LogP contribution in [0.15, 0.2) is 77.7 Å². The largest absolute Gasteiger partial charge is 0.497 e. The monoisotopic (exact) mass is 432 g/mol. The highest BCUT2D eigenvalue weighted by atomic mass is 32.2. The average Bonchev–Trinajstić information content (AvgIpc) is 2.78. The minimum absolute atomic E-state index is 0.227. The number of aryl methyl sites for hydroxylation is 2. The molecule has 0 aliphatic rings. The maximum Gasteiger partial charge on any atom is 0.265 e. The van der Waals surface area contributed by atoms with Gasteiger partial charge in [0.25, 0.3) is 10.0 Å². The number of nitrogens with zero attached hydrogens (tertiary/aromatic N) is 2. The van der Waals surface area contributed by atoms with Gasteiger partial charge in [0, 0.05) is 18.0 Å². The molecule has 0 saturated heterocycles. The van der Waals surface area contributed by atoms with Crippen LogP contribution in [0.3, 0.4) is 0 Å². The van der Waals surface area contributed by atoms with Crippen molar-refractivity contribution >= 4 is 26.7 Å². The molecule has 0 bridgehead atoms. The van der Waals surface area contributed by atoms with E-state index in [0.717, 1.165) is 33.2 Å². The molecule has 0 aliphatic heterocycles. The van der Waals surface area contributed by atoms with Gasteiger partial charge in [-0.25, -0.2) is 13.4 Å². The SMILES string of the molecule is COc1cccc(-c2c(N(C)S(=O)(=O)c3ccc(C)cc3)nc3ccccc3c2C)c1. The smallest absolute Gasteiger partial charge is 0.265 e. The predicted octanol–water partition coefficient (Wildman–Crippen LogP) is 5.35. The fourth-order valence-electron chi connectivity index (χ4n) is 3.69. The standard InChI is InChI=1S/C25H24N2O3S/c1-17-12-14-21(15-13-17)31(28,29)27(3)25-24(19-8-7-9-20(16-19)30-4)18(2)22-10-5-6-11-23(22)26-25/h5-16H,1-4H3. The van der Waals surface area contributed by atoms with Gasteiger partial charge in [0.2, 0.25) is 0 Å². The molecule has 3 aromatic carbocycles. The van der Waals surface area contributed by atoms with Crippen LogP contribution in [0.1, 0.15) is 11.1 Å². The van der Waals surface area contributed by atoms with Crippen LogP contribution in [-0.4, -0.2) is 27.6 Å². The number of aromatic nitrogens is 1. The summed E-state index contributed by atoms with van der Waals surface area (Å²) in [5, 5.41) is 0.977. The highest BCUT2D eigenvalue weighted by molar-refractivity contribution is 7.92. The van der Waals surface area contributed by atoms with Crippen LogP contribution in [0.25, 0.3) is 22.0 Å². The van der Waals surface area contributed by atoms with E-state index in [4.69, 9.17) is 9.72 Å². The Labute approximate surface area is 183 Å².